The fourth-order valence-electron chi connectivity index (χ4n) is 3.91. The number of aliphatic hydroxyl groups is 2. The molecule has 1 fully saturated rings. The van der Waals surface area contributed by atoms with E-state index in [1.165, 1.54) is 0 Å². The highest BCUT2D eigenvalue weighted by Gasteiger charge is 2.34. The second-order valence-corrected chi connectivity index (χ2v) is 7.53. The molecule has 1 aliphatic heterocycles. The fraction of sp³-hybridized carbons (Fsp3) is 0.304. The van der Waals surface area contributed by atoms with Crippen molar-refractivity contribution in [2.75, 3.05) is 26.3 Å². The maximum absolute atomic E-state index is 12.8. The van der Waals surface area contributed by atoms with Gasteiger partial charge in [0, 0.05) is 54.8 Å². The van der Waals surface area contributed by atoms with E-state index in [1.807, 2.05) is 49.4 Å². The average Bonchev–Trinajstić information content (AvgIpc) is 3.16. The second kappa shape index (κ2) is 7.70. The van der Waals surface area contributed by atoms with Gasteiger partial charge in [-0.1, -0.05) is 24.3 Å². The van der Waals surface area contributed by atoms with Crippen molar-refractivity contribution in [3.8, 4) is 11.1 Å². The van der Waals surface area contributed by atoms with Gasteiger partial charge in [-0.3, -0.25) is 9.78 Å². The second-order valence-electron chi connectivity index (χ2n) is 7.53. The van der Waals surface area contributed by atoms with Crippen LogP contribution in [0.4, 0.5) is 0 Å². The van der Waals surface area contributed by atoms with Gasteiger partial charge in [0.1, 0.15) is 0 Å². The summed E-state index contributed by atoms with van der Waals surface area (Å²) in [5, 5.41) is 20.0. The SMILES string of the molecule is Cc1ccc2cc(-c3ccc(C(=O)N4C[C@@H](CO)[C@H](CO)C4)cc3)ccc2n1. The Kier molecular flexibility index (Phi) is 5.11. The van der Waals surface area contributed by atoms with Crippen LogP contribution in [0.1, 0.15) is 16.1 Å². The van der Waals surface area contributed by atoms with Crippen LogP contribution in [0.3, 0.4) is 0 Å². The Morgan fingerprint density at radius 3 is 2.25 bits per heavy atom. The molecule has 2 aromatic carbocycles. The highest BCUT2D eigenvalue weighted by molar-refractivity contribution is 5.95. The zero-order valence-corrected chi connectivity index (χ0v) is 15.9. The molecule has 2 atom stereocenters. The number of carbonyl (C=O) groups excluding carboxylic acids is 1. The van der Waals surface area contributed by atoms with Crippen LogP contribution >= 0.6 is 0 Å². The molecule has 2 heterocycles. The average molecular weight is 376 g/mol. The predicted molar refractivity (Wildman–Crippen MR) is 109 cm³/mol. The standard InChI is InChI=1S/C23H24N2O3/c1-15-2-3-19-10-18(8-9-22(19)24-15)16-4-6-17(7-5-16)23(28)25-11-20(13-26)21(12-25)14-27/h2-10,20-21,26-27H,11-14H2,1H3/t20-,21-/m0/s1. The van der Waals surface area contributed by atoms with Crippen molar-refractivity contribution in [3.05, 3.63) is 65.9 Å². The molecule has 4 rings (SSSR count). The van der Waals surface area contributed by atoms with Crippen molar-refractivity contribution in [1.29, 1.82) is 0 Å². The summed E-state index contributed by atoms with van der Waals surface area (Å²) >= 11 is 0. The summed E-state index contributed by atoms with van der Waals surface area (Å²) in [4.78, 5) is 19.0. The number of likely N-dealkylation sites (tertiary alicyclic amines) is 1. The van der Waals surface area contributed by atoms with Crippen LogP contribution in [-0.4, -0.2) is 52.3 Å². The largest absolute Gasteiger partial charge is 0.396 e. The summed E-state index contributed by atoms with van der Waals surface area (Å²) in [5.41, 5.74) is 4.72. The molecule has 0 bridgehead atoms. The number of fused-ring (bicyclic) bond motifs is 1. The number of rotatable bonds is 4. The Morgan fingerprint density at radius 1 is 0.964 bits per heavy atom. The summed E-state index contributed by atoms with van der Waals surface area (Å²) in [6.07, 6.45) is 0. The van der Waals surface area contributed by atoms with Crippen molar-refractivity contribution in [1.82, 2.24) is 9.88 Å². The number of aryl methyl sites for hydroxylation is 1. The van der Waals surface area contributed by atoms with Crippen LogP contribution in [0, 0.1) is 18.8 Å². The van der Waals surface area contributed by atoms with Crippen molar-refractivity contribution in [2.24, 2.45) is 11.8 Å². The molecule has 3 aromatic rings. The van der Waals surface area contributed by atoms with Gasteiger partial charge >= 0.3 is 0 Å². The maximum Gasteiger partial charge on any atom is 0.253 e. The monoisotopic (exact) mass is 376 g/mol. The first-order valence-electron chi connectivity index (χ1n) is 9.58. The number of pyridine rings is 1. The third-order valence-corrected chi connectivity index (χ3v) is 5.63. The van der Waals surface area contributed by atoms with Gasteiger partial charge in [-0.25, -0.2) is 0 Å². The van der Waals surface area contributed by atoms with Gasteiger partial charge in [-0.15, -0.1) is 0 Å². The van der Waals surface area contributed by atoms with Crippen LogP contribution in [0.25, 0.3) is 22.0 Å². The number of hydrogen-bond acceptors (Lipinski definition) is 4. The molecule has 28 heavy (non-hydrogen) atoms. The zero-order chi connectivity index (χ0) is 19.7. The minimum absolute atomic E-state index is 0.00963. The quantitative estimate of drug-likeness (QED) is 0.734. The van der Waals surface area contributed by atoms with Gasteiger partial charge in [-0.05, 0) is 48.4 Å². The number of nitrogens with zero attached hydrogens (tertiary/aromatic N) is 2. The van der Waals surface area contributed by atoms with Crippen molar-refractivity contribution in [2.45, 2.75) is 6.92 Å². The van der Waals surface area contributed by atoms with E-state index in [1.54, 1.807) is 4.90 Å². The van der Waals surface area contributed by atoms with Gasteiger partial charge < -0.3 is 15.1 Å². The summed E-state index contributed by atoms with van der Waals surface area (Å²) < 4.78 is 0. The lowest BCUT2D eigenvalue weighted by molar-refractivity contribution is 0.0778. The molecule has 1 aliphatic rings. The molecular weight excluding hydrogens is 352 g/mol. The van der Waals surface area contributed by atoms with E-state index in [0.29, 0.717) is 18.7 Å². The lowest BCUT2D eigenvalue weighted by Gasteiger charge is -2.16. The summed E-state index contributed by atoms with van der Waals surface area (Å²) in [7, 11) is 0. The van der Waals surface area contributed by atoms with E-state index >= 15 is 0 Å². The van der Waals surface area contributed by atoms with E-state index in [4.69, 9.17) is 0 Å². The number of aromatic nitrogens is 1. The molecule has 1 saturated heterocycles. The molecule has 2 N–H and O–H groups in total. The Morgan fingerprint density at radius 2 is 1.61 bits per heavy atom. The topological polar surface area (TPSA) is 73.7 Å². The third-order valence-electron chi connectivity index (χ3n) is 5.63. The number of aliphatic hydroxyl groups excluding tert-OH is 2. The molecule has 0 radical (unpaired) electrons. The lowest BCUT2D eigenvalue weighted by Crippen LogP contribution is -2.29. The van der Waals surface area contributed by atoms with E-state index in [0.717, 1.165) is 27.7 Å². The van der Waals surface area contributed by atoms with E-state index in [9.17, 15) is 15.0 Å². The minimum atomic E-state index is -0.0564. The first-order chi connectivity index (χ1) is 13.6. The first-order valence-corrected chi connectivity index (χ1v) is 9.58. The number of carbonyl (C=O) groups is 1. The summed E-state index contributed by atoms with van der Waals surface area (Å²) in [6.45, 7) is 2.93. The van der Waals surface area contributed by atoms with Crippen molar-refractivity contribution >= 4 is 16.8 Å². The van der Waals surface area contributed by atoms with Gasteiger partial charge in [0.05, 0.1) is 5.52 Å². The van der Waals surface area contributed by atoms with Crippen LogP contribution in [0.2, 0.25) is 0 Å². The molecule has 0 unspecified atom stereocenters. The normalized spacial score (nSPS) is 19.3. The van der Waals surface area contributed by atoms with Gasteiger partial charge in [0.25, 0.3) is 5.91 Å². The fourth-order valence-corrected chi connectivity index (χ4v) is 3.91. The van der Waals surface area contributed by atoms with E-state index < -0.39 is 0 Å². The Hall–Kier alpha value is -2.76. The summed E-state index contributed by atoms with van der Waals surface area (Å²) in [6, 6.07) is 17.8. The summed E-state index contributed by atoms with van der Waals surface area (Å²) in [5.74, 6) is -0.162. The van der Waals surface area contributed by atoms with Crippen LogP contribution < -0.4 is 0 Å². The van der Waals surface area contributed by atoms with Crippen molar-refractivity contribution < 1.29 is 15.0 Å². The Balaban J connectivity index is 1.54. The molecule has 1 amide bonds. The first kappa shape index (κ1) is 18.6. The predicted octanol–water partition coefficient (Wildman–Crippen LogP) is 2.88. The number of amides is 1. The molecular formula is C23H24N2O3. The van der Waals surface area contributed by atoms with Gasteiger partial charge in [0.2, 0.25) is 0 Å². The lowest BCUT2D eigenvalue weighted by atomic mass is 9.98. The smallest absolute Gasteiger partial charge is 0.253 e. The molecule has 0 spiro atoms. The Bertz CT molecular complexity index is 988. The number of benzene rings is 2. The number of hydrogen-bond donors (Lipinski definition) is 2. The van der Waals surface area contributed by atoms with E-state index in [-0.39, 0.29) is 31.0 Å². The van der Waals surface area contributed by atoms with Gasteiger partial charge in [-0.2, -0.15) is 0 Å². The minimum Gasteiger partial charge on any atom is -0.396 e. The molecule has 1 aromatic heterocycles. The van der Waals surface area contributed by atoms with Crippen LogP contribution in [0.15, 0.2) is 54.6 Å². The highest BCUT2D eigenvalue weighted by atomic mass is 16.3. The van der Waals surface area contributed by atoms with Gasteiger partial charge in [0.15, 0.2) is 0 Å². The molecule has 5 nitrogen and oxygen atoms in total. The third kappa shape index (κ3) is 3.51. The van der Waals surface area contributed by atoms with Crippen LogP contribution in [0.5, 0.6) is 0 Å². The maximum atomic E-state index is 12.8. The molecule has 0 saturated carbocycles. The Labute approximate surface area is 164 Å². The molecule has 5 heteroatoms. The van der Waals surface area contributed by atoms with Crippen molar-refractivity contribution in [3.63, 3.8) is 0 Å². The zero-order valence-electron chi connectivity index (χ0n) is 15.9. The van der Waals surface area contributed by atoms with Crippen LogP contribution in [-0.2, 0) is 0 Å². The molecule has 144 valence electrons. The molecule has 0 aliphatic carbocycles. The van der Waals surface area contributed by atoms with E-state index in [2.05, 4.69) is 17.1 Å². The highest BCUT2D eigenvalue weighted by Crippen LogP contribution is 2.27.